The molecule has 0 bridgehead atoms. The molecule has 0 saturated heterocycles. The Kier molecular flexibility index (Phi) is 8.38. The normalized spacial score (nSPS) is 10.6. The lowest BCUT2D eigenvalue weighted by Gasteiger charge is -2.13. The van der Waals surface area contributed by atoms with Crippen molar-refractivity contribution in [3.63, 3.8) is 0 Å². The van der Waals surface area contributed by atoms with Crippen LogP contribution in [0.5, 0.6) is 11.5 Å². The van der Waals surface area contributed by atoms with E-state index in [2.05, 4.69) is 33.8 Å². The molecule has 2 aromatic rings. The van der Waals surface area contributed by atoms with Crippen LogP contribution in [-0.2, 0) is 4.79 Å². The number of hydrogen-bond acceptors (Lipinski definition) is 4. The Morgan fingerprint density at radius 3 is 2.79 bits per heavy atom. The third kappa shape index (κ3) is 5.90. The summed E-state index contributed by atoms with van der Waals surface area (Å²) in [6.45, 7) is 4.17. The summed E-state index contributed by atoms with van der Waals surface area (Å²) in [6, 6.07) is 10.6. The van der Waals surface area contributed by atoms with Crippen LogP contribution in [-0.4, -0.2) is 19.1 Å². The summed E-state index contributed by atoms with van der Waals surface area (Å²) in [5, 5.41) is 12.7. The SMILES string of the molecule is C#CCOc1c(I)cc(C=C(C#N)C(=O)Nc2cccc(Cl)c2C)cc1OCC. The molecule has 0 aromatic heterocycles. The van der Waals surface area contributed by atoms with E-state index in [0.717, 1.165) is 9.13 Å². The molecule has 1 N–H and O–H groups in total. The van der Waals surface area contributed by atoms with E-state index >= 15 is 0 Å². The molecule has 0 saturated carbocycles. The summed E-state index contributed by atoms with van der Waals surface area (Å²) in [7, 11) is 0. The molecule has 0 heterocycles. The number of carbonyl (C=O) groups excluding carboxylic acids is 1. The van der Waals surface area contributed by atoms with Gasteiger partial charge in [-0.3, -0.25) is 4.79 Å². The number of amides is 1. The van der Waals surface area contributed by atoms with Gasteiger partial charge < -0.3 is 14.8 Å². The summed E-state index contributed by atoms with van der Waals surface area (Å²) in [5.74, 6) is 2.91. The van der Waals surface area contributed by atoms with Gasteiger partial charge >= 0.3 is 0 Å². The van der Waals surface area contributed by atoms with Gasteiger partial charge in [-0.2, -0.15) is 5.26 Å². The van der Waals surface area contributed by atoms with E-state index in [1.54, 1.807) is 37.3 Å². The zero-order valence-electron chi connectivity index (χ0n) is 15.9. The fraction of sp³-hybridized carbons (Fsp3) is 0.182. The molecular weight excluding hydrogens is 503 g/mol. The second-order valence-corrected chi connectivity index (χ2v) is 7.36. The van der Waals surface area contributed by atoms with E-state index in [0.29, 0.717) is 34.4 Å². The van der Waals surface area contributed by atoms with Gasteiger partial charge in [-0.15, -0.1) is 6.42 Å². The van der Waals surface area contributed by atoms with Crippen molar-refractivity contribution in [1.29, 1.82) is 5.26 Å². The van der Waals surface area contributed by atoms with Crippen molar-refractivity contribution in [2.75, 3.05) is 18.5 Å². The quantitative estimate of drug-likeness (QED) is 0.235. The monoisotopic (exact) mass is 520 g/mol. The molecule has 0 fully saturated rings. The molecule has 29 heavy (non-hydrogen) atoms. The number of anilines is 1. The third-order valence-electron chi connectivity index (χ3n) is 3.82. The van der Waals surface area contributed by atoms with Gasteiger partial charge in [0.2, 0.25) is 0 Å². The lowest BCUT2D eigenvalue weighted by atomic mass is 10.1. The highest BCUT2D eigenvalue weighted by Crippen LogP contribution is 2.35. The minimum atomic E-state index is -0.529. The van der Waals surface area contributed by atoms with E-state index in [4.69, 9.17) is 27.5 Å². The maximum Gasteiger partial charge on any atom is 0.266 e. The number of halogens is 2. The van der Waals surface area contributed by atoms with Gasteiger partial charge in [-0.05, 0) is 77.9 Å². The predicted octanol–water partition coefficient (Wildman–Crippen LogP) is 5.21. The van der Waals surface area contributed by atoms with E-state index < -0.39 is 5.91 Å². The Morgan fingerprint density at radius 2 is 2.14 bits per heavy atom. The number of nitrogens with zero attached hydrogens (tertiary/aromatic N) is 1. The molecule has 2 rings (SSSR count). The molecule has 0 spiro atoms. The molecule has 0 unspecified atom stereocenters. The minimum absolute atomic E-state index is 0.0556. The molecular formula is C22H18ClIN2O3. The highest BCUT2D eigenvalue weighted by atomic mass is 127. The lowest BCUT2D eigenvalue weighted by Crippen LogP contribution is -2.14. The first kappa shape index (κ1) is 22.6. The third-order valence-corrected chi connectivity index (χ3v) is 5.03. The van der Waals surface area contributed by atoms with Gasteiger partial charge in [0, 0.05) is 10.7 Å². The van der Waals surface area contributed by atoms with Crippen molar-refractivity contribution in [3.8, 4) is 29.9 Å². The molecule has 148 valence electrons. The van der Waals surface area contributed by atoms with Crippen LogP contribution in [0.3, 0.4) is 0 Å². The number of terminal acetylenes is 1. The number of ether oxygens (including phenoxy) is 2. The van der Waals surface area contributed by atoms with Crippen molar-refractivity contribution in [3.05, 3.63) is 55.6 Å². The Bertz CT molecular complexity index is 1040. The highest BCUT2D eigenvalue weighted by Gasteiger charge is 2.15. The summed E-state index contributed by atoms with van der Waals surface area (Å²) in [4.78, 5) is 12.6. The van der Waals surface area contributed by atoms with Gasteiger partial charge in [-0.1, -0.05) is 23.6 Å². The second kappa shape index (κ2) is 10.8. The largest absolute Gasteiger partial charge is 0.490 e. The molecule has 2 aromatic carbocycles. The number of carbonyl (C=O) groups is 1. The molecule has 1 amide bonds. The van der Waals surface area contributed by atoms with Crippen LogP contribution in [0.4, 0.5) is 5.69 Å². The standard InChI is InChI=1S/C22H18ClIN2O3/c1-4-9-29-21-18(24)11-15(12-20(21)28-5-2)10-16(13-25)22(27)26-19-8-6-7-17(23)14(19)3/h1,6-8,10-12H,5,9H2,2-3H3,(H,26,27). The van der Waals surface area contributed by atoms with Crippen molar-refractivity contribution in [1.82, 2.24) is 0 Å². The smallest absolute Gasteiger partial charge is 0.266 e. The zero-order valence-corrected chi connectivity index (χ0v) is 18.8. The second-order valence-electron chi connectivity index (χ2n) is 5.79. The van der Waals surface area contributed by atoms with Gasteiger partial charge in [0.25, 0.3) is 5.91 Å². The molecule has 0 atom stereocenters. The van der Waals surface area contributed by atoms with Crippen molar-refractivity contribution >= 4 is 51.9 Å². The Hall–Kier alpha value is -2.68. The summed E-state index contributed by atoms with van der Waals surface area (Å²) in [6.07, 6.45) is 6.76. The van der Waals surface area contributed by atoms with Crippen LogP contribution in [0.1, 0.15) is 18.1 Å². The van der Waals surface area contributed by atoms with Crippen molar-refractivity contribution in [2.45, 2.75) is 13.8 Å². The Morgan fingerprint density at radius 1 is 1.38 bits per heavy atom. The average Bonchev–Trinajstić information content (AvgIpc) is 2.69. The minimum Gasteiger partial charge on any atom is -0.490 e. The molecule has 7 heteroatoms. The van der Waals surface area contributed by atoms with Crippen molar-refractivity contribution in [2.24, 2.45) is 0 Å². The van der Waals surface area contributed by atoms with Crippen LogP contribution in [0.2, 0.25) is 5.02 Å². The van der Waals surface area contributed by atoms with Crippen LogP contribution >= 0.6 is 34.2 Å². The molecule has 5 nitrogen and oxygen atoms in total. The lowest BCUT2D eigenvalue weighted by molar-refractivity contribution is -0.112. The fourth-order valence-corrected chi connectivity index (χ4v) is 3.39. The number of nitrogens with one attached hydrogen (secondary N) is 1. The first-order chi connectivity index (χ1) is 13.9. The summed E-state index contributed by atoms with van der Waals surface area (Å²) < 4.78 is 11.9. The number of benzene rings is 2. The Balaban J connectivity index is 2.36. The number of nitriles is 1. The maximum atomic E-state index is 12.6. The topological polar surface area (TPSA) is 71.3 Å². The van der Waals surface area contributed by atoms with E-state index in [1.165, 1.54) is 6.08 Å². The highest BCUT2D eigenvalue weighted by molar-refractivity contribution is 14.1. The summed E-state index contributed by atoms with van der Waals surface area (Å²) >= 11 is 8.18. The Labute approximate surface area is 188 Å². The van der Waals surface area contributed by atoms with Gasteiger partial charge in [0.05, 0.1) is 10.2 Å². The van der Waals surface area contributed by atoms with Gasteiger partial charge in [0.15, 0.2) is 11.5 Å². The molecule has 0 aliphatic carbocycles. The first-order valence-corrected chi connectivity index (χ1v) is 10.1. The van der Waals surface area contributed by atoms with Crippen LogP contribution < -0.4 is 14.8 Å². The van der Waals surface area contributed by atoms with Gasteiger partial charge in [0.1, 0.15) is 18.2 Å². The van der Waals surface area contributed by atoms with Gasteiger partial charge in [-0.25, -0.2) is 0 Å². The first-order valence-electron chi connectivity index (χ1n) is 8.62. The van der Waals surface area contributed by atoms with Crippen LogP contribution in [0, 0.1) is 34.2 Å². The van der Waals surface area contributed by atoms with E-state index in [-0.39, 0.29) is 12.2 Å². The number of rotatable bonds is 7. The summed E-state index contributed by atoms with van der Waals surface area (Å²) in [5.41, 5.74) is 1.84. The zero-order chi connectivity index (χ0) is 21.4. The maximum absolute atomic E-state index is 12.6. The van der Waals surface area contributed by atoms with E-state index in [1.807, 2.05) is 13.0 Å². The van der Waals surface area contributed by atoms with E-state index in [9.17, 15) is 10.1 Å². The van der Waals surface area contributed by atoms with Crippen LogP contribution in [0.25, 0.3) is 6.08 Å². The van der Waals surface area contributed by atoms with Crippen molar-refractivity contribution < 1.29 is 14.3 Å². The fourth-order valence-electron chi connectivity index (χ4n) is 2.44. The molecule has 0 aliphatic heterocycles. The average molecular weight is 521 g/mol. The number of hydrogen-bond donors (Lipinski definition) is 1. The predicted molar refractivity (Wildman–Crippen MR) is 123 cm³/mol. The molecule has 0 aliphatic rings. The van der Waals surface area contributed by atoms with Crippen LogP contribution in [0.15, 0.2) is 35.9 Å². The molecule has 0 radical (unpaired) electrons.